The molecule has 0 aromatic rings. The van der Waals surface area contributed by atoms with Gasteiger partial charge in [-0.2, -0.15) is 0 Å². The molecule has 0 aromatic carbocycles. The Labute approximate surface area is 63.8 Å². The minimum Gasteiger partial charge on any atom is -0.396 e. The van der Waals surface area contributed by atoms with Gasteiger partial charge in [-0.05, 0) is 25.7 Å². The molecule has 0 bridgehead atoms. The Balaban J connectivity index is 3.47. The summed E-state index contributed by atoms with van der Waals surface area (Å²) < 4.78 is 0. The lowest BCUT2D eigenvalue weighted by Gasteiger charge is -2.00. The van der Waals surface area contributed by atoms with E-state index in [0.29, 0.717) is 0 Å². The molecule has 0 aliphatic carbocycles. The summed E-state index contributed by atoms with van der Waals surface area (Å²) in [7, 11) is 0. The largest absolute Gasteiger partial charge is 0.396 e. The van der Waals surface area contributed by atoms with E-state index in [1.807, 2.05) is 0 Å². The minimum atomic E-state index is 0.278. The van der Waals surface area contributed by atoms with Crippen molar-refractivity contribution in [1.82, 2.24) is 0 Å². The number of allylic oxidation sites excluding steroid dienone is 1. The Bertz CT molecular complexity index is 103. The lowest BCUT2D eigenvalue weighted by molar-refractivity contribution is 0.299. The smallest absolute Gasteiger partial charge is 0.0468 e. The van der Waals surface area contributed by atoms with Crippen molar-refractivity contribution in [1.29, 1.82) is 0 Å². The van der Waals surface area contributed by atoms with Gasteiger partial charge in [-0.3, -0.25) is 0 Å². The zero-order valence-electron chi connectivity index (χ0n) is 7.22. The second-order valence-electron chi connectivity index (χ2n) is 3.15. The Morgan fingerprint density at radius 2 is 2.10 bits per heavy atom. The van der Waals surface area contributed by atoms with Gasteiger partial charge < -0.3 is 5.11 Å². The predicted octanol–water partition coefficient (Wildman–Crippen LogP) is 2.36. The molecule has 0 radical (unpaired) electrons. The number of aliphatic hydroxyl groups is 1. The van der Waals surface area contributed by atoms with E-state index < -0.39 is 0 Å². The standard InChI is InChI=1S/C9H18O/c1-8(2)4-5-9(3)6-7-10/h5,8,10H,4,6-7H2,1-3H3/b9-5+. The predicted molar refractivity (Wildman–Crippen MR) is 44.9 cm³/mol. The van der Waals surface area contributed by atoms with E-state index in [1.54, 1.807) is 0 Å². The maximum absolute atomic E-state index is 8.56. The van der Waals surface area contributed by atoms with Crippen molar-refractivity contribution in [2.75, 3.05) is 6.61 Å². The van der Waals surface area contributed by atoms with Crippen LogP contribution in [0.5, 0.6) is 0 Å². The summed E-state index contributed by atoms with van der Waals surface area (Å²) in [4.78, 5) is 0. The molecule has 1 nitrogen and oxygen atoms in total. The molecule has 0 unspecified atom stereocenters. The van der Waals surface area contributed by atoms with E-state index >= 15 is 0 Å². The van der Waals surface area contributed by atoms with E-state index in [1.165, 1.54) is 5.57 Å². The third-order valence-electron chi connectivity index (χ3n) is 1.44. The van der Waals surface area contributed by atoms with Crippen LogP contribution in [0.1, 0.15) is 33.6 Å². The molecule has 10 heavy (non-hydrogen) atoms. The normalized spacial score (nSPS) is 12.7. The zero-order valence-corrected chi connectivity index (χ0v) is 7.22. The summed E-state index contributed by atoms with van der Waals surface area (Å²) in [5, 5.41) is 8.56. The van der Waals surface area contributed by atoms with Gasteiger partial charge in [0.2, 0.25) is 0 Å². The molecule has 0 fully saturated rings. The fraction of sp³-hybridized carbons (Fsp3) is 0.778. The molecule has 0 aliphatic rings. The van der Waals surface area contributed by atoms with Crippen molar-refractivity contribution in [2.45, 2.75) is 33.6 Å². The van der Waals surface area contributed by atoms with E-state index in [2.05, 4.69) is 26.8 Å². The fourth-order valence-electron chi connectivity index (χ4n) is 0.715. The van der Waals surface area contributed by atoms with Crippen LogP contribution in [0.2, 0.25) is 0 Å². The van der Waals surface area contributed by atoms with Crippen LogP contribution >= 0.6 is 0 Å². The molecule has 0 aromatic heterocycles. The van der Waals surface area contributed by atoms with Gasteiger partial charge in [0.05, 0.1) is 0 Å². The van der Waals surface area contributed by atoms with E-state index in [9.17, 15) is 0 Å². The lowest BCUT2D eigenvalue weighted by Crippen LogP contribution is -1.87. The van der Waals surface area contributed by atoms with Crippen LogP contribution in [0.15, 0.2) is 11.6 Å². The first-order valence-corrected chi connectivity index (χ1v) is 3.93. The first-order chi connectivity index (χ1) is 4.66. The lowest BCUT2D eigenvalue weighted by atomic mass is 10.1. The first-order valence-electron chi connectivity index (χ1n) is 3.93. The SMILES string of the molecule is C/C(=C\CC(C)C)CCO. The molecule has 1 N–H and O–H groups in total. The number of aliphatic hydroxyl groups excluding tert-OH is 1. The van der Waals surface area contributed by atoms with Crippen molar-refractivity contribution in [3.8, 4) is 0 Å². The van der Waals surface area contributed by atoms with Gasteiger partial charge in [0.25, 0.3) is 0 Å². The molecule has 0 rings (SSSR count). The highest BCUT2D eigenvalue weighted by atomic mass is 16.2. The summed E-state index contributed by atoms with van der Waals surface area (Å²) in [5.74, 6) is 0.730. The second kappa shape index (κ2) is 5.48. The number of hydrogen-bond donors (Lipinski definition) is 1. The molecule has 0 saturated carbocycles. The van der Waals surface area contributed by atoms with Gasteiger partial charge in [0.15, 0.2) is 0 Å². The van der Waals surface area contributed by atoms with Gasteiger partial charge in [-0.1, -0.05) is 25.5 Å². The van der Waals surface area contributed by atoms with E-state index in [4.69, 9.17) is 5.11 Å². The van der Waals surface area contributed by atoms with Crippen LogP contribution in [0.4, 0.5) is 0 Å². The molecule has 0 atom stereocenters. The molecular formula is C9H18O. The number of hydrogen-bond acceptors (Lipinski definition) is 1. The van der Waals surface area contributed by atoms with Crippen LogP contribution in [0.25, 0.3) is 0 Å². The monoisotopic (exact) mass is 142 g/mol. The Hall–Kier alpha value is -0.300. The summed E-state index contributed by atoms with van der Waals surface area (Å²) in [6, 6.07) is 0. The second-order valence-corrected chi connectivity index (χ2v) is 3.15. The van der Waals surface area contributed by atoms with Crippen LogP contribution in [0, 0.1) is 5.92 Å². The molecule has 0 spiro atoms. The molecule has 60 valence electrons. The Morgan fingerprint density at radius 3 is 2.50 bits per heavy atom. The van der Waals surface area contributed by atoms with E-state index in [-0.39, 0.29) is 6.61 Å². The Kier molecular flexibility index (Phi) is 5.32. The quantitative estimate of drug-likeness (QED) is 0.597. The van der Waals surface area contributed by atoms with E-state index in [0.717, 1.165) is 18.8 Å². The van der Waals surface area contributed by atoms with Crippen molar-refractivity contribution in [2.24, 2.45) is 5.92 Å². The highest BCUT2D eigenvalue weighted by Gasteiger charge is 1.90. The average molecular weight is 142 g/mol. The molecule has 0 saturated heterocycles. The summed E-state index contributed by atoms with van der Waals surface area (Å²) in [6.07, 6.45) is 4.17. The van der Waals surface area contributed by atoms with Gasteiger partial charge in [0, 0.05) is 6.61 Å². The average Bonchev–Trinajstić information content (AvgIpc) is 1.85. The van der Waals surface area contributed by atoms with Crippen LogP contribution in [-0.2, 0) is 0 Å². The topological polar surface area (TPSA) is 20.2 Å². The van der Waals surface area contributed by atoms with Gasteiger partial charge in [-0.15, -0.1) is 0 Å². The fourth-order valence-corrected chi connectivity index (χ4v) is 0.715. The van der Waals surface area contributed by atoms with Crippen molar-refractivity contribution >= 4 is 0 Å². The summed E-state index contributed by atoms with van der Waals surface area (Å²) in [6.45, 7) is 6.74. The maximum atomic E-state index is 8.56. The maximum Gasteiger partial charge on any atom is 0.0468 e. The first kappa shape index (κ1) is 9.70. The van der Waals surface area contributed by atoms with Crippen LogP contribution in [-0.4, -0.2) is 11.7 Å². The molecular weight excluding hydrogens is 124 g/mol. The molecule has 0 heterocycles. The summed E-state index contributed by atoms with van der Waals surface area (Å²) >= 11 is 0. The third kappa shape index (κ3) is 5.83. The van der Waals surface area contributed by atoms with Crippen molar-refractivity contribution in [3.63, 3.8) is 0 Å². The third-order valence-corrected chi connectivity index (χ3v) is 1.44. The van der Waals surface area contributed by atoms with Crippen molar-refractivity contribution < 1.29 is 5.11 Å². The van der Waals surface area contributed by atoms with Gasteiger partial charge in [-0.25, -0.2) is 0 Å². The summed E-state index contributed by atoms with van der Waals surface area (Å²) in [5.41, 5.74) is 1.30. The number of rotatable bonds is 4. The van der Waals surface area contributed by atoms with Crippen LogP contribution < -0.4 is 0 Å². The molecule has 1 heteroatoms. The Morgan fingerprint density at radius 1 is 1.50 bits per heavy atom. The highest BCUT2D eigenvalue weighted by molar-refractivity contribution is 4.97. The van der Waals surface area contributed by atoms with Gasteiger partial charge in [0.1, 0.15) is 0 Å². The minimum absolute atomic E-state index is 0.278. The zero-order chi connectivity index (χ0) is 7.98. The molecule has 0 amide bonds. The van der Waals surface area contributed by atoms with Crippen molar-refractivity contribution in [3.05, 3.63) is 11.6 Å². The van der Waals surface area contributed by atoms with Gasteiger partial charge >= 0.3 is 0 Å². The molecule has 0 aliphatic heterocycles. The van der Waals surface area contributed by atoms with Crippen LogP contribution in [0.3, 0.4) is 0 Å². The highest BCUT2D eigenvalue weighted by Crippen LogP contribution is 2.06.